The molecule has 0 bridgehead atoms. The summed E-state index contributed by atoms with van der Waals surface area (Å²) < 4.78 is 59.2. The fourth-order valence-electron chi connectivity index (χ4n) is 4.02. The van der Waals surface area contributed by atoms with Crippen LogP contribution < -0.4 is 19.7 Å². The lowest BCUT2D eigenvalue weighted by molar-refractivity contribution is 0.312. The summed E-state index contributed by atoms with van der Waals surface area (Å²) in [6, 6.07) is 3.04. The van der Waals surface area contributed by atoms with Crippen LogP contribution in [0.2, 0.25) is 0 Å². The number of hydrogen-bond donors (Lipinski definition) is 3. The van der Waals surface area contributed by atoms with Crippen LogP contribution in [0.25, 0.3) is 0 Å². The quantitative estimate of drug-likeness (QED) is 0.299. The van der Waals surface area contributed by atoms with Crippen molar-refractivity contribution in [1.29, 1.82) is 0 Å². The molecule has 0 aliphatic carbocycles. The van der Waals surface area contributed by atoms with Crippen LogP contribution in [0.1, 0.15) is 41.5 Å². The summed E-state index contributed by atoms with van der Waals surface area (Å²) in [5.74, 6) is 0.216. The van der Waals surface area contributed by atoms with Gasteiger partial charge in [0.2, 0.25) is 20.0 Å². The van der Waals surface area contributed by atoms with Gasteiger partial charge in [0.05, 0.1) is 11.4 Å². The number of likely N-dealkylation sites (N-methyl/N-ethyl adjacent to an activating group) is 2. The van der Waals surface area contributed by atoms with E-state index < -0.39 is 20.0 Å². The van der Waals surface area contributed by atoms with Crippen molar-refractivity contribution in [3.63, 3.8) is 0 Å². The summed E-state index contributed by atoms with van der Waals surface area (Å²) in [5, 5.41) is 3.31. The Morgan fingerprint density at radius 3 is 1.84 bits per heavy atom. The molecule has 0 radical (unpaired) electrons. The van der Waals surface area contributed by atoms with E-state index in [-0.39, 0.29) is 34.7 Å². The van der Waals surface area contributed by atoms with Gasteiger partial charge in [-0.3, -0.25) is 0 Å². The largest absolute Gasteiger partial charge is 0.383 e. The third kappa shape index (κ3) is 9.36. The van der Waals surface area contributed by atoms with Gasteiger partial charge in [0.25, 0.3) is 0 Å². The predicted molar refractivity (Wildman–Crippen MR) is 152 cm³/mol. The molecule has 37 heavy (non-hydrogen) atoms. The van der Waals surface area contributed by atoms with Crippen LogP contribution in [0.5, 0.6) is 0 Å². The number of piperazine rings is 1. The molecule has 0 atom stereocenters. The number of nitrogens with one attached hydrogen (secondary N) is 3. The molecule has 0 amide bonds. The minimum atomic E-state index is -3.96. The van der Waals surface area contributed by atoms with Crippen molar-refractivity contribution in [3.05, 3.63) is 12.1 Å². The molecule has 0 unspecified atom stereocenters. The number of nitrogens with zero attached hydrogens (tertiary/aromatic N) is 3. The summed E-state index contributed by atoms with van der Waals surface area (Å²) in [5.41, 5.74) is 0.942. The molecule has 1 fully saturated rings. The third-order valence-electron chi connectivity index (χ3n) is 6.49. The highest BCUT2D eigenvalue weighted by Crippen LogP contribution is 2.35. The number of sulfonamides is 2. The van der Waals surface area contributed by atoms with Gasteiger partial charge >= 0.3 is 0 Å². The van der Waals surface area contributed by atoms with Crippen molar-refractivity contribution in [2.75, 3.05) is 82.7 Å². The fraction of sp³-hybridized carbons (Fsp3) is 0.760. The molecule has 0 aromatic heterocycles. The lowest BCUT2D eigenvalue weighted by Gasteiger charge is -2.35. The second kappa shape index (κ2) is 14.1. The second-order valence-corrected chi connectivity index (χ2v) is 14.0. The maximum atomic E-state index is 13.5. The van der Waals surface area contributed by atoms with Crippen molar-refractivity contribution in [2.24, 2.45) is 11.8 Å². The van der Waals surface area contributed by atoms with Crippen molar-refractivity contribution >= 4 is 31.4 Å². The van der Waals surface area contributed by atoms with Crippen molar-refractivity contribution in [2.45, 2.75) is 51.3 Å². The normalized spacial score (nSPS) is 15.8. The molecule has 0 saturated carbocycles. The number of rotatable bonds is 15. The second-order valence-electron chi connectivity index (χ2n) is 10.6. The van der Waals surface area contributed by atoms with E-state index in [2.05, 4.69) is 38.4 Å². The topological polar surface area (TPSA) is 114 Å². The number of hydrogen-bond acceptors (Lipinski definition) is 8. The van der Waals surface area contributed by atoms with Crippen LogP contribution in [0.3, 0.4) is 0 Å². The molecule has 0 spiro atoms. The monoisotopic (exact) mass is 560 g/mol. The summed E-state index contributed by atoms with van der Waals surface area (Å²) in [4.78, 5) is 6.43. The SMILES string of the molecule is CCN(CC)CCNc1cc(N2CCN(C)CC2)c(S(=O)(=O)NCC(C)C)cc1S(=O)(=O)NCC(C)C. The van der Waals surface area contributed by atoms with Gasteiger partial charge in [0, 0.05) is 52.4 Å². The number of benzene rings is 1. The first-order chi connectivity index (χ1) is 17.3. The fourth-order valence-corrected chi connectivity index (χ4v) is 6.94. The highest BCUT2D eigenvalue weighted by molar-refractivity contribution is 7.90. The van der Waals surface area contributed by atoms with E-state index in [9.17, 15) is 16.8 Å². The first kappa shape index (κ1) is 31.8. The van der Waals surface area contributed by atoms with E-state index in [1.807, 2.05) is 39.6 Å². The first-order valence-electron chi connectivity index (χ1n) is 13.4. The average molecular weight is 561 g/mol. The molecule has 1 saturated heterocycles. The minimum absolute atomic E-state index is 0.00285. The molecule has 1 aliphatic rings. The third-order valence-corrected chi connectivity index (χ3v) is 9.40. The Labute approximate surface area is 225 Å². The highest BCUT2D eigenvalue weighted by Gasteiger charge is 2.30. The molecular weight excluding hydrogens is 512 g/mol. The number of anilines is 2. The average Bonchev–Trinajstić information content (AvgIpc) is 2.84. The Kier molecular flexibility index (Phi) is 12.1. The molecular formula is C25H48N6O4S2. The van der Waals surface area contributed by atoms with E-state index in [4.69, 9.17) is 0 Å². The Balaban J connectivity index is 2.63. The standard InChI is InChI=1S/C25H48N6O4S2/c1-8-30(9-2)11-10-26-22-16-23(31-14-12-29(7)13-15-31)25(37(34,35)28-19-21(5)6)17-24(22)36(32,33)27-18-20(3)4/h16-17,20-21,26-28H,8-15,18-19H2,1-7H3. The molecule has 1 aromatic rings. The van der Waals surface area contributed by atoms with Gasteiger partial charge in [-0.1, -0.05) is 41.5 Å². The minimum Gasteiger partial charge on any atom is -0.383 e. The van der Waals surface area contributed by atoms with Gasteiger partial charge in [-0.2, -0.15) is 0 Å². The Hall–Kier alpha value is -1.44. The van der Waals surface area contributed by atoms with E-state index >= 15 is 0 Å². The first-order valence-corrected chi connectivity index (χ1v) is 16.3. The summed E-state index contributed by atoms with van der Waals surface area (Å²) >= 11 is 0. The molecule has 1 aromatic carbocycles. The van der Waals surface area contributed by atoms with Gasteiger partial charge in [0.1, 0.15) is 9.79 Å². The van der Waals surface area contributed by atoms with E-state index in [0.29, 0.717) is 31.0 Å². The maximum Gasteiger partial charge on any atom is 0.242 e. The zero-order valence-electron chi connectivity index (χ0n) is 23.7. The van der Waals surface area contributed by atoms with Crippen molar-refractivity contribution < 1.29 is 16.8 Å². The predicted octanol–water partition coefficient (Wildman–Crippen LogP) is 2.06. The lowest BCUT2D eigenvalue weighted by Crippen LogP contribution is -2.45. The van der Waals surface area contributed by atoms with Crippen molar-refractivity contribution in [1.82, 2.24) is 19.2 Å². The molecule has 10 nitrogen and oxygen atoms in total. The molecule has 1 aliphatic heterocycles. The molecule has 2 rings (SSSR count). The van der Waals surface area contributed by atoms with Crippen LogP contribution >= 0.6 is 0 Å². The zero-order chi connectivity index (χ0) is 27.8. The molecule has 12 heteroatoms. The van der Waals surface area contributed by atoms with Crippen LogP contribution in [0.15, 0.2) is 21.9 Å². The van der Waals surface area contributed by atoms with Gasteiger partial charge in [-0.25, -0.2) is 26.3 Å². The maximum absolute atomic E-state index is 13.5. The van der Waals surface area contributed by atoms with Crippen molar-refractivity contribution in [3.8, 4) is 0 Å². The summed E-state index contributed by atoms with van der Waals surface area (Å²) in [7, 11) is -5.88. The Morgan fingerprint density at radius 2 is 1.35 bits per heavy atom. The van der Waals surface area contributed by atoms with E-state index in [1.165, 1.54) is 6.07 Å². The lowest BCUT2D eigenvalue weighted by atomic mass is 10.2. The van der Waals surface area contributed by atoms with Gasteiger partial charge in [0.15, 0.2) is 0 Å². The summed E-state index contributed by atoms with van der Waals surface area (Å²) in [6.45, 7) is 18.4. The Bertz CT molecular complexity index is 1060. The summed E-state index contributed by atoms with van der Waals surface area (Å²) in [6.07, 6.45) is 0. The highest BCUT2D eigenvalue weighted by atomic mass is 32.2. The van der Waals surface area contributed by atoms with Gasteiger partial charge in [-0.15, -0.1) is 0 Å². The molecule has 3 N–H and O–H groups in total. The van der Waals surface area contributed by atoms with Crippen LogP contribution in [0, 0.1) is 11.8 Å². The zero-order valence-corrected chi connectivity index (χ0v) is 25.3. The smallest absolute Gasteiger partial charge is 0.242 e. The molecule has 1 heterocycles. The van der Waals surface area contributed by atoms with Gasteiger partial charge in [-0.05, 0) is 44.1 Å². The van der Waals surface area contributed by atoms with Crippen LogP contribution in [-0.2, 0) is 20.0 Å². The van der Waals surface area contributed by atoms with Crippen LogP contribution in [-0.4, -0.2) is 99.1 Å². The van der Waals surface area contributed by atoms with E-state index in [1.54, 1.807) is 6.07 Å². The van der Waals surface area contributed by atoms with E-state index in [0.717, 1.165) is 32.7 Å². The Morgan fingerprint density at radius 1 is 0.838 bits per heavy atom. The van der Waals surface area contributed by atoms with Gasteiger partial charge < -0.3 is 20.0 Å². The molecule has 214 valence electrons. The van der Waals surface area contributed by atoms with Crippen LogP contribution in [0.4, 0.5) is 11.4 Å².